The molecule has 0 saturated carbocycles. The van der Waals surface area contributed by atoms with Crippen LogP contribution in [0.15, 0.2) is 47.1 Å². The summed E-state index contributed by atoms with van der Waals surface area (Å²) in [5, 5.41) is 2.85. The Hall–Kier alpha value is -2.56. The molecule has 1 aliphatic heterocycles. The van der Waals surface area contributed by atoms with Crippen LogP contribution in [-0.4, -0.2) is 23.3 Å². The minimum atomic E-state index is -0.572. The average Bonchev–Trinajstić information content (AvgIpc) is 3.04. The highest BCUT2D eigenvalue weighted by Crippen LogP contribution is 2.30. The molecule has 1 aromatic heterocycles. The summed E-state index contributed by atoms with van der Waals surface area (Å²) in [5.41, 5.74) is 1.83. The van der Waals surface area contributed by atoms with Crippen LogP contribution in [0.5, 0.6) is 0 Å². The van der Waals surface area contributed by atoms with Crippen molar-refractivity contribution in [2.45, 2.75) is 25.9 Å². The number of furan rings is 1. The van der Waals surface area contributed by atoms with Gasteiger partial charge in [-0.05, 0) is 30.2 Å². The van der Waals surface area contributed by atoms with Crippen LogP contribution in [0.4, 0.5) is 0 Å². The van der Waals surface area contributed by atoms with E-state index in [0.717, 1.165) is 11.1 Å². The summed E-state index contributed by atoms with van der Waals surface area (Å²) in [5.74, 6) is 0.491. The third kappa shape index (κ3) is 2.62. The minimum Gasteiger partial charge on any atom is -0.467 e. The van der Waals surface area contributed by atoms with Gasteiger partial charge in [-0.2, -0.15) is 0 Å². The van der Waals surface area contributed by atoms with Crippen molar-refractivity contribution >= 4 is 11.8 Å². The number of hydrogen-bond donors (Lipinski definition) is 1. The molecule has 0 bridgehead atoms. The van der Waals surface area contributed by atoms with Crippen LogP contribution in [0, 0.1) is 0 Å². The number of rotatable bonds is 4. The van der Waals surface area contributed by atoms with Gasteiger partial charge in [-0.3, -0.25) is 9.59 Å². The minimum absolute atomic E-state index is 0.0145. The number of carbonyl (C=O) groups is 2. The SMILES string of the molecule is CCN1C(=O)Cc2ccccc2[C@@H]1C(=O)NCc1ccco1. The van der Waals surface area contributed by atoms with E-state index >= 15 is 0 Å². The molecule has 1 aliphatic rings. The third-order valence-electron chi connectivity index (χ3n) is 3.93. The highest BCUT2D eigenvalue weighted by molar-refractivity contribution is 5.92. The number of carbonyl (C=O) groups excluding carboxylic acids is 2. The molecule has 0 unspecified atom stereocenters. The second kappa shape index (κ2) is 6.05. The van der Waals surface area contributed by atoms with Gasteiger partial charge in [0.15, 0.2) is 0 Å². The summed E-state index contributed by atoms with van der Waals surface area (Å²) in [4.78, 5) is 26.5. The fourth-order valence-corrected chi connectivity index (χ4v) is 2.86. The van der Waals surface area contributed by atoms with Crippen LogP contribution in [-0.2, 0) is 22.6 Å². The maximum atomic E-state index is 12.6. The molecular weight excluding hydrogens is 280 g/mol. The highest BCUT2D eigenvalue weighted by Gasteiger charge is 2.35. The fourth-order valence-electron chi connectivity index (χ4n) is 2.86. The lowest BCUT2D eigenvalue weighted by Gasteiger charge is -2.35. The lowest BCUT2D eigenvalue weighted by molar-refractivity contribution is -0.141. The Kier molecular flexibility index (Phi) is 3.96. The van der Waals surface area contributed by atoms with E-state index in [4.69, 9.17) is 4.42 Å². The van der Waals surface area contributed by atoms with Crippen LogP contribution in [0.3, 0.4) is 0 Å². The van der Waals surface area contributed by atoms with Crippen molar-refractivity contribution in [2.75, 3.05) is 6.54 Å². The van der Waals surface area contributed by atoms with E-state index in [9.17, 15) is 9.59 Å². The van der Waals surface area contributed by atoms with Crippen LogP contribution >= 0.6 is 0 Å². The number of nitrogens with one attached hydrogen (secondary N) is 1. The van der Waals surface area contributed by atoms with Gasteiger partial charge in [-0.1, -0.05) is 24.3 Å². The van der Waals surface area contributed by atoms with Crippen LogP contribution < -0.4 is 5.32 Å². The predicted molar refractivity (Wildman–Crippen MR) is 80.8 cm³/mol. The zero-order chi connectivity index (χ0) is 15.5. The largest absolute Gasteiger partial charge is 0.467 e. The second-order valence-electron chi connectivity index (χ2n) is 5.26. The van der Waals surface area contributed by atoms with Crippen LogP contribution in [0.2, 0.25) is 0 Å². The second-order valence-corrected chi connectivity index (χ2v) is 5.26. The van der Waals surface area contributed by atoms with E-state index in [1.165, 1.54) is 0 Å². The Morgan fingerprint density at radius 3 is 2.86 bits per heavy atom. The number of benzene rings is 1. The van der Waals surface area contributed by atoms with Crippen molar-refractivity contribution in [1.29, 1.82) is 0 Å². The van der Waals surface area contributed by atoms with Crippen molar-refractivity contribution in [1.82, 2.24) is 10.2 Å². The molecule has 2 aromatic rings. The Labute approximate surface area is 128 Å². The molecule has 1 atom stereocenters. The molecule has 3 rings (SSSR count). The maximum absolute atomic E-state index is 12.6. The quantitative estimate of drug-likeness (QED) is 0.939. The van der Waals surface area contributed by atoms with E-state index in [1.54, 1.807) is 23.3 Å². The summed E-state index contributed by atoms with van der Waals surface area (Å²) in [6.45, 7) is 2.71. The van der Waals surface area contributed by atoms with Gasteiger partial charge in [-0.25, -0.2) is 0 Å². The first kappa shape index (κ1) is 14.4. The van der Waals surface area contributed by atoms with Gasteiger partial charge in [0.1, 0.15) is 11.8 Å². The lowest BCUT2D eigenvalue weighted by Crippen LogP contribution is -2.47. The monoisotopic (exact) mass is 298 g/mol. The molecule has 1 aromatic carbocycles. The van der Waals surface area contributed by atoms with Crippen molar-refractivity contribution in [2.24, 2.45) is 0 Å². The molecule has 2 heterocycles. The van der Waals surface area contributed by atoms with E-state index in [-0.39, 0.29) is 11.8 Å². The molecule has 0 aliphatic carbocycles. The van der Waals surface area contributed by atoms with Gasteiger partial charge in [0.25, 0.3) is 0 Å². The van der Waals surface area contributed by atoms with Crippen molar-refractivity contribution in [3.63, 3.8) is 0 Å². The van der Waals surface area contributed by atoms with Gasteiger partial charge in [0.05, 0.1) is 19.2 Å². The topological polar surface area (TPSA) is 62.6 Å². The Bertz CT molecular complexity index is 679. The molecule has 5 nitrogen and oxygen atoms in total. The van der Waals surface area contributed by atoms with Crippen LogP contribution in [0.25, 0.3) is 0 Å². The molecule has 0 fully saturated rings. The number of hydrogen-bond acceptors (Lipinski definition) is 3. The number of fused-ring (bicyclic) bond motifs is 1. The van der Waals surface area contributed by atoms with E-state index in [0.29, 0.717) is 25.3 Å². The number of amides is 2. The molecule has 22 heavy (non-hydrogen) atoms. The molecule has 5 heteroatoms. The summed E-state index contributed by atoms with van der Waals surface area (Å²) in [6, 6.07) is 10.6. The molecular formula is C17H18N2O3. The van der Waals surface area contributed by atoms with Gasteiger partial charge in [-0.15, -0.1) is 0 Å². The third-order valence-corrected chi connectivity index (χ3v) is 3.93. The molecule has 0 spiro atoms. The van der Waals surface area contributed by atoms with Gasteiger partial charge in [0.2, 0.25) is 11.8 Å². The summed E-state index contributed by atoms with van der Waals surface area (Å²) >= 11 is 0. The van der Waals surface area contributed by atoms with Crippen molar-refractivity contribution < 1.29 is 14.0 Å². The summed E-state index contributed by atoms with van der Waals surface area (Å²) < 4.78 is 5.22. The Morgan fingerprint density at radius 1 is 1.32 bits per heavy atom. The smallest absolute Gasteiger partial charge is 0.247 e. The van der Waals surface area contributed by atoms with E-state index in [2.05, 4.69) is 5.32 Å². The average molecular weight is 298 g/mol. The Balaban J connectivity index is 1.85. The first-order valence-electron chi connectivity index (χ1n) is 7.38. The van der Waals surface area contributed by atoms with Crippen LogP contribution in [0.1, 0.15) is 29.9 Å². The Morgan fingerprint density at radius 2 is 2.14 bits per heavy atom. The lowest BCUT2D eigenvalue weighted by atomic mass is 9.91. The van der Waals surface area contributed by atoms with E-state index < -0.39 is 6.04 Å². The molecule has 2 amide bonds. The maximum Gasteiger partial charge on any atom is 0.247 e. The van der Waals surface area contributed by atoms with Crippen molar-refractivity contribution in [3.05, 3.63) is 59.5 Å². The molecule has 0 radical (unpaired) electrons. The zero-order valence-corrected chi connectivity index (χ0v) is 12.4. The van der Waals surface area contributed by atoms with Gasteiger partial charge in [0, 0.05) is 6.54 Å². The highest BCUT2D eigenvalue weighted by atomic mass is 16.3. The normalized spacial score (nSPS) is 17.2. The van der Waals surface area contributed by atoms with Crippen molar-refractivity contribution in [3.8, 4) is 0 Å². The first-order chi connectivity index (χ1) is 10.7. The summed E-state index contributed by atoms with van der Waals surface area (Å²) in [6.07, 6.45) is 1.92. The zero-order valence-electron chi connectivity index (χ0n) is 12.4. The van der Waals surface area contributed by atoms with Gasteiger partial charge >= 0.3 is 0 Å². The predicted octanol–water partition coefficient (Wildman–Crippen LogP) is 2.04. The summed E-state index contributed by atoms with van der Waals surface area (Å²) in [7, 11) is 0. The molecule has 1 N–H and O–H groups in total. The molecule has 114 valence electrons. The number of likely N-dealkylation sites (N-methyl/N-ethyl adjacent to an activating group) is 1. The van der Waals surface area contributed by atoms with E-state index in [1.807, 2.05) is 31.2 Å². The molecule has 0 saturated heterocycles. The van der Waals surface area contributed by atoms with Gasteiger partial charge < -0.3 is 14.6 Å². The standard InChI is InChI=1S/C17H18N2O3/c1-2-19-15(20)10-12-6-3-4-8-14(12)16(19)17(21)18-11-13-7-5-9-22-13/h3-9,16H,2,10-11H2,1H3,(H,18,21)/t16-/m1/s1. The first-order valence-corrected chi connectivity index (χ1v) is 7.38. The fraction of sp³-hybridized carbons (Fsp3) is 0.294. The number of nitrogens with zero attached hydrogens (tertiary/aromatic N) is 1.